The summed E-state index contributed by atoms with van der Waals surface area (Å²) >= 11 is 0. The van der Waals surface area contributed by atoms with Crippen molar-refractivity contribution in [3.8, 4) is 0 Å². The van der Waals surface area contributed by atoms with Gasteiger partial charge in [0.05, 0.1) is 18.1 Å². The molecule has 0 saturated carbocycles. The number of aromatic nitrogens is 3. The van der Waals surface area contributed by atoms with Crippen molar-refractivity contribution in [3.63, 3.8) is 0 Å². The maximum absolute atomic E-state index is 12.1. The highest BCUT2D eigenvalue weighted by atomic mass is 16.1. The fourth-order valence-electron chi connectivity index (χ4n) is 2.11. The minimum absolute atomic E-state index is 0.00616. The molecule has 0 aliphatic heterocycles. The number of carbonyl (C=O) groups excluding carboxylic acids is 1. The van der Waals surface area contributed by atoms with E-state index in [2.05, 4.69) is 34.6 Å². The number of hydrogen-bond acceptors (Lipinski definition) is 4. The molecule has 114 valence electrons. The van der Waals surface area contributed by atoms with Crippen LogP contribution in [-0.2, 0) is 4.79 Å². The van der Waals surface area contributed by atoms with E-state index in [1.807, 2.05) is 24.6 Å². The third-order valence-electron chi connectivity index (χ3n) is 3.34. The number of nitrogens with zero attached hydrogens (tertiary/aromatic N) is 3. The summed E-state index contributed by atoms with van der Waals surface area (Å²) < 4.78 is 1.87. The Labute approximate surface area is 124 Å². The normalized spacial score (nSPS) is 12.8. The van der Waals surface area contributed by atoms with Crippen molar-refractivity contribution in [1.82, 2.24) is 20.1 Å². The number of anilines is 1. The van der Waals surface area contributed by atoms with E-state index < -0.39 is 0 Å². The van der Waals surface area contributed by atoms with Crippen molar-refractivity contribution in [1.29, 1.82) is 0 Å². The Morgan fingerprint density at radius 3 is 2.76 bits per heavy atom. The molecule has 0 spiro atoms. The topological polar surface area (TPSA) is 71.8 Å². The van der Waals surface area contributed by atoms with Gasteiger partial charge in [-0.15, -0.1) is 0 Å². The SMILES string of the molecule is CCNCC(C)C(=O)Nc1cnc2c(cnn2C(C)C)c1. The van der Waals surface area contributed by atoms with Gasteiger partial charge in [0.1, 0.15) is 0 Å². The van der Waals surface area contributed by atoms with Gasteiger partial charge in [-0.05, 0) is 26.5 Å². The Balaban J connectivity index is 2.11. The lowest BCUT2D eigenvalue weighted by Gasteiger charge is -2.12. The highest BCUT2D eigenvalue weighted by Gasteiger charge is 2.13. The first-order valence-electron chi connectivity index (χ1n) is 7.37. The largest absolute Gasteiger partial charge is 0.324 e. The van der Waals surface area contributed by atoms with Crippen LogP contribution >= 0.6 is 0 Å². The zero-order chi connectivity index (χ0) is 15.4. The number of rotatable bonds is 6. The molecule has 2 aromatic heterocycles. The van der Waals surface area contributed by atoms with Crippen molar-refractivity contribution in [2.75, 3.05) is 18.4 Å². The van der Waals surface area contributed by atoms with Gasteiger partial charge in [0.2, 0.25) is 5.91 Å². The van der Waals surface area contributed by atoms with Crippen LogP contribution in [0.1, 0.15) is 33.7 Å². The van der Waals surface area contributed by atoms with Gasteiger partial charge >= 0.3 is 0 Å². The molecule has 0 aliphatic rings. The Morgan fingerprint density at radius 1 is 1.33 bits per heavy atom. The summed E-state index contributed by atoms with van der Waals surface area (Å²) in [4.78, 5) is 16.5. The van der Waals surface area contributed by atoms with Crippen LogP contribution in [0.25, 0.3) is 11.0 Å². The lowest BCUT2D eigenvalue weighted by atomic mass is 10.1. The fraction of sp³-hybridized carbons (Fsp3) is 0.533. The highest BCUT2D eigenvalue weighted by Crippen LogP contribution is 2.19. The van der Waals surface area contributed by atoms with Gasteiger partial charge in [-0.3, -0.25) is 4.79 Å². The zero-order valence-electron chi connectivity index (χ0n) is 13.1. The lowest BCUT2D eigenvalue weighted by Crippen LogP contribution is -2.30. The highest BCUT2D eigenvalue weighted by molar-refractivity contribution is 5.94. The van der Waals surface area contributed by atoms with E-state index >= 15 is 0 Å². The third kappa shape index (κ3) is 3.58. The molecule has 2 rings (SSSR count). The number of pyridine rings is 1. The molecule has 1 atom stereocenters. The second-order valence-corrected chi connectivity index (χ2v) is 5.52. The number of carbonyl (C=O) groups is 1. The van der Waals surface area contributed by atoms with Gasteiger partial charge in [0.25, 0.3) is 0 Å². The molecule has 6 nitrogen and oxygen atoms in total. The van der Waals surface area contributed by atoms with Gasteiger partial charge in [0, 0.05) is 23.9 Å². The Morgan fingerprint density at radius 2 is 2.10 bits per heavy atom. The minimum atomic E-state index is -0.0842. The molecule has 0 fully saturated rings. The van der Waals surface area contributed by atoms with Crippen LogP contribution in [0.3, 0.4) is 0 Å². The van der Waals surface area contributed by atoms with E-state index in [4.69, 9.17) is 0 Å². The van der Waals surface area contributed by atoms with Crippen LogP contribution < -0.4 is 10.6 Å². The van der Waals surface area contributed by atoms with E-state index in [1.54, 1.807) is 12.4 Å². The van der Waals surface area contributed by atoms with Crippen molar-refractivity contribution < 1.29 is 4.79 Å². The summed E-state index contributed by atoms with van der Waals surface area (Å²) in [6.45, 7) is 9.58. The molecule has 0 radical (unpaired) electrons. The summed E-state index contributed by atoms with van der Waals surface area (Å²) in [6.07, 6.45) is 3.46. The van der Waals surface area contributed by atoms with Crippen molar-refractivity contribution >= 4 is 22.6 Å². The second-order valence-electron chi connectivity index (χ2n) is 5.52. The average Bonchev–Trinajstić information content (AvgIpc) is 2.87. The Bertz CT molecular complexity index is 620. The molecule has 0 bridgehead atoms. The summed E-state index contributed by atoms with van der Waals surface area (Å²) in [5.41, 5.74) is 1.54. The maximum atomic E-state index is 12.1. The molecule has 1 amide bonds. The van der Waals surface area contributed by atoms with E-state index in [1.165, 1.54) is 0 Å². The molecule has 1 unspecified atom stereocenters. The van der Waals surface area contributed by atoms with Gasteiger partial charge < -0.3 is 10.6 Å². The molecule has 2 aromatic rings. The lowest BCUT2D eigenvalue weighted by molar-refractivity contribution is -0.119. The number of nitrogens with one attached hydrogen (secondary N) is 2. The average molecular weight is 289 g/mol. The first kappa shape index (κ1) is 15.4. The Kier molecular flexibility index (Phi) is 4.90. The van der Waals surface area contributed by atoms with Gasteiger partial charge in [-0.1, -0.05) is 13.8 Å². The van der Waals surface area contributed by atoms with Crippen LogP contribution in [0, 0.1) is 5.92 Å². The molecular formula is C15H23N5O. The van der Waals surface area contributed by atoms with E-state index in [0.717, 1.165) is 17.6 Å². The fourth-order valence-corrected chi connectivity index (χ4v) is 2.11. The van der Waals surface area contributed by atoms with Crippen LogP contribution in [0.15, 0.2) is 18.5 Å². The molecule has 6 heteroatoms. The van der Waals surface area contributed by atoms with Crippen molar-refractivity contribution in [2.45, 2.75) is 33.7 Å². The third-order valence-corrected chi connectivity index (χ3v) is 3.34. The summed E-state index contributed by atoms with van der Waals surface area (Å²) in [6, 6.07) is 2.17. The van der Waals surface area contributed by atoms with Crippen LogP contribution in [0.5, 0.6) is 0 Å². The molecule has 2 N–H and O–H groups in total. The smallest absolute Gasteiger partial charge is 0.228 e. The molecule has 0 aromatic carbocycles. The number of amides is 1. The predicted octanol–water partition coefficient (Wildman–Crippen LogP) is 2.20. The van der Waals surface area contributed by atoms with Gasteiger partial charge in [0.15, 0.2) is 5.65 Å². The predicted molar refractivity (Wildman–Crippen MR) is 84.3 cm³/mol. The van der Waals surface area contributed by atoms with Crippen molar-refractivity contribution in [3.05, 3.63) is 18.5 Å². The summed E-state index contributed by atoms with van der Waals surface area (Å²) in [7, 11) is 0. The number of fused-ring (bicyclic) bond motifs is 1. The van der Waals surface area contributed by atoms with E-state index in [0.29, 0.717) is 12.2 Å². The first-order chi connectivity index (χ1) is 10.0. The summed E-state index contributed by atoms with van der Waals surface area (Å²) in [5.74, 6) is -0.0904. The van der Waals surface area contributed by atoms with E-state index in [-0.39, 0.29) is 17.9 Å². The van der Waals surface area contributed by atoms with Crippen LogP contribution in [0.4, 0.5) is 5.69 Å². The second kappa shape index (κ2) is 6.67. The van der Waals surface area contributed by atoms with Gasteiger partial charge in [-0.2, -0.15) is 5.10 Å². The Hall–Kier alpha value is -1.95. The number of hydrogen-bond donors (Lipinski definition) is 2. The first-order valence-corrected chi connectivity index (χ1v) is 7.37. The summed E-state index contributed by atoms with van der Waals surface area (Å²) in [5, 5.41) is 11.3. The molecule has 21 heavy (non-hydrogen) atoms. The van der Waals surface area contributed by atoms with E-state index in [9.17, 15) is 4.79 Å². The minimum Gasteiger partial charge on any atom is -0.324 e. The van der Waals surface area contributed by atoms with Crippen LogP contribution in [0.2, 0.25) is 0 Å². The maximum Gasteiger partial charge on any atom is 0.228 e. The van der Waals surface area contributed by atoms with Crippen LogP contribution in [-0.4, -0.2) is 33.8 Å². The van der Waals surface area contributed by atoms with Gasteiger partial charge in [-0.25, -0.2) is 9.67 Å². The standard InChI is InChI=1S/C15H23N5O/c1-5-16-7-11(4)15(21)19-13-6-12-8-18-20(10(2)3)14(12)17-9-13/h6,8-11,16H,5,7H2,1-4H3,(H,19,21). The molecule has 0 aliphatic carbocycles. The molecule has 0 saturated heterocycles. The molecular weight excluding hydrogens is 266 g/mol. The molecule has 2 heterocycles. The monoisotopic (exact) mass is 289 g/mol. The quantitative estimate of drug-likeness (QED) is 0.855. The van der Waals surface area contributed by atoms with Crippen molar-refractivity contribution in [2.24, 2.45) is 5.92 Å². The zero-order valence-corrected chi connectivity index (χ0v) is 13.1.